The molecule has 2 aromatic heterocycles. The first-order valence-corrected chi connectivity index (χ1v) is 10.6. The fourth-order valence-corrected chi connectivity index (χ4v) is 5.10. The Morgan fingerprint density at radius 2 is 1.93 bits per heavy atom. The van der Waals surface area contributed by atoms with Crippen molar-refractivity contribution in [2.75, 3.05) is 13.1 Å². The number of halogens is 1. The summed E-state index contributed by atoms with van der Waals surface area (Å²) in [6, 6.07) is 10.8. The quantitative estimate of drug-likeness (QED) is 0.674. The highest BCUT2D eigenvalue weighted by Crippen LogP contribution is 2.30. The Labute approximate surface area is 163 Å². The molecule has 3 heterocycles. The molecule has 0 saturated carbocycles. The van der Waals surface area contributed by atoms with Gasteiger partial charge in [0.25, 0.3) is 0 Å². The minimum Gasteiger partial charge on any atom is -0.288 e. The third-order valence-electron chi connectivity index (χ3n) is 5.08. The molecule has 6 nitrogen and oxygen atoms in total. The van der Waals surface area contributed by atoms with Gasteiger partial charge in [-0.1, -0.05) is 6.07 Å². The Morgan fingerprint density at radius 3 is 2.64 bits per heavy atom. The lowest BCUT2D eigenvalue weighted by Crippen LogP contribution is -2.39. The van der Waals surface area contributed by atoms with Crippen LogP contribution in [0.25, 0.3) is 5.82 Å². The van der Waals surface area contributed by atoms with E-state index in [1.165, 1.54) is 28.6 Å². The number of hydrogen-bond acceptors (Lipinski definition) is 4. The summed E-state index contributed by atoms with van der Waals surface area (Å²) in [5.74, 6) is 1.17. The molecule has 1 aromatic carbocycles. The lowest BCUT2D eigenvalue weighted by atomic mass is 9.95. The second kappa shape index (κ2) is 7.44. The number of sulfonamides is 1. The fourth-order valence-electron chi connectivity index (χ4n) is 3.58. The molecule has 1 aliphatic rings. The zero-order valence-corrected chi connectivity index (χ0v) is 16.3. The van der Waals surface area contributed by atoms with Crippen molar-refractivity contribution in [1.29, 1.82) is 0 Å². The van der Waals surface area contributed by atoms with Gasteiger partial charge in [0.15, 0.2) is 0 Å². The monoisotopic (exact) mass is 400 g/mol. The molecule has 146 valence electrons. The number of aromatic nitrogens is 3. The SMILES string of the molecule is Cc1nccn1-c1cccc([C@H]2CCCN(S(=O)(=O)c3ccc(F)cc3)C2)n1. The molecule has 8 heteroatoms. The lowest BCUT2D eigenvalue weighted by molar-refractivity contribution is 0.312. The van der Waals surface area contributed by atoms with Crippen molar-refractivity contribution < 1.29 is 12.8 Å². The summed E-state index contributed by atoms with van der Waals surface area (Å²) in [5.41, 5.74) is 0.865. The summed E-state index contributed by atoms with van der Waals surface area (Å²) in [5, 5.41) is 0. The van der Waals surface area contributed by atoms with Crippen molar-refractivity contribution in [2.45, 2.75) is 30.6 Å². The number of rotatable bonds is 4. The molecule has 28 heavy (non-hydrogen) atoms. The van der Waals surface area contributed by atoms with Gasteiger partial charge in [-0.3, -0.25) is 4.57 Å². The van der Waals surface area contributed by atoms with E-state index < -0.39 is 15.8 Å². The Kier molecular flexibility index (Phi) is 4.99. The number of nitrogens with zero attached hydrogens (tertiary/aromatic N) is 4. The number of benzene rings is 1. The Bertz CT molecular complexity index is 1080. The highest BCUT2D eigenvalue weighted by atomic mass is 32.2. The van der Waals surface area contributed by atoms with Crippen LogP contribution in [0.2, 0.25) is 0 Å². The maximum atomic E-state index is 13.2. The van der Waals surface area contributed by atoms with Gasteiger partial charge in [0.05, 0.1) is 4.90 Å². The highest BCUT2D eigenvalue weighted by Gasteiger charge is 2.31. The van der Waals surface area contributed by atoms with E-state index in [-0.39, 0.29) is 10.8 Å². The summed E-state index contributed by atoms with van der Waals surface area (Å²) in [4.78, 5) is 9.10. The normalized spacial score (nSPS) is 18.3. The van der Waals surface area contributed by atoms with Crippen LogP contribution in [-0.4, -0.2) is 40.3 Å². The van der Waals surface area contributed by atoms with E-state index >= 15 is 0 Å². The Morgan fingerprint density at radius 1 is 1.14 bits per heavy atom. The molecule has 1 saturated heterocycles. The number of pyridine rings is 1. The van der Waals surface area contributed by atoms with Crippen LogP contribution in [0.4, 0.5) is 4.39 Å². The third kappa shape index (κ3) is 3.57. The first kappa shape index (κ1) is 18.8. The van der Waals surface area contributed by atoms with Crippen LogP contribution in [0.15, 0.2) is 59.8 Å². The molecule has 1 atom stereocenters. The van der Waals surface area contributed by atoms with Gasteiger partial charge in [-0.2, -0.15) is 4.31 Å². The van der Waals surface area contributed by atoms with E-state index in [2.05, 4.69) is 4.98 Å². The van der Waals surface area contributed by atoms with Crippen molar-refractivity contribution >= 4 is 10.0 Å². The minimum absolute atomic E-state index is 0.00718. The van der Waals surface area contributed by atoms with Crippen LogP contribution in [0.3, 0.4) is 0 Å². The van der Waals surface area contributed by atoms with Crippen molar-refractivity contribution in [3.63, 3.8) is 0 Å². The van der Waals surface area contributed by atoms with Crippen molar-refractivity contribution in [3.8, 4) is 5.82 Å². The van der Waals surface area contributed by atoms with Gasteiger partial charge in [0.2, 0.25) is 10.0 Å². The Hall–Kier alpha value is -2.58. The van der Waals surface area contributed by atoms with E-state index in [9.17, 15) is 12.8 Å². The molecule has 1 aliphatic heterocycles. The molecule has 0 aliphatic carbocycles. The van der Waals surface area contributed by atoms with Gasteiger partial charge in [-0.15, -0.1) is 0 Å². The number of imidazole rings is 1. The van der Waals surface area contributed by atoms with Crippen molar-refractivity contribution in [1.82, 2.24) is 18.8 Å². The lowest BCUT2D eigenvalue weighted by Gasteiger charge is -2.31. The van der Waals surface area contributed by atoms with Gasteiger partial charge >= 0.3 is 0 Å². The smallest absolute Gasteiger partial charge is 0.243 e. The second-order valence-electron chi connectivity index (χ2n) is 6.92. The molecule has 0 N–H and O–H groups in total. The van der Waals surface area contributed by atoms with Crippen LogP contribution < -0.4 is 0 Å². The van der Waals surface area contributed by atoms with E-state index in [1.54, 1.807) is 6.20 Å². The molecule has 0 spiro atoms. The van der Waals surface area contributed by atoms with E-state index in [0.717, 1.165) is 30.2 Å². The van der Waals surface area contributed by atoms with Crippen LogP contribution in [-0.2, 0) is 10.0 Å². The molecular formula is C20H21FN4O2S. The first-order chi connectivity index (χ1) is 13.4. The molecule has 0 radical (unpaired) electrons. The van der Waals surface area contributed by atoms with Crippen LogP contribution in [0, 0.1) is 12.7 Å². The largest absolute Gasteiger partial charge is 0.288 e. The van der Waals surface area contributed by atoms with Crippen LogP contribution in [0.1, 0.15) is 30.3 Å². The maximum absolute atomic E-state index is 13.2. The predicted octanol–water partition coefficient (Wildman–Crippen LogP) is 3.28. The zero-order chi connectivity index (χ0) is 19.7. The molecule has 0 amide bonds. The van der Waals surface area contributed by atoms with Crippen LogP contribution >= 0.6 is 0 Å². The average Bonchev–Trinajstić information content (AvgIpc) is 3.14. The predicted molar refractivity (Wildman–Crippen MR) is 103 cm³/mol. The fraction of sp³-hybridized carbons (Fsp3) is 0.300. The van der Waals surface area contributed by atoms with Gasteiger partial charge in [0.1, 0.15) is 17.5 Å². The second-order valence-corrected chi connectivity index (χ2v) is 8.86. The first-order valence-electron chi connectivity index (χ1n) is 9.18. The summed E-state index contributed by atoms with van der Waals surface area (Å²) in [7, 11) is -3.66. The van der Waals surface area contributed by atoms with Gasteiger partial charge in [-0.05, 0) is 56.2 Å². The summed E-state index contributed by atoms with van der Waals surface area (Å²) >= 11 is 0. The molecule has 1 fully saturated rings. The Balaban J connectivity index is 1.59. The molecule has 4 rings (SSSR count). The van der Waals surface area contributed by atoms with E-state index in [0.29, 0.717) is 13.1 Å². The van der Waals surface area contributed by atoms with E-state index in [4.69, 9.17) is 4.98 Å². The van der Waals surface area contributed by atoms with E-state index in [1.807, 2.05) is 35.9 Å². The number of aryl methyl sites for hydroxylation is 1. The van der Waals surface area contributed by atoms with Crippen molar-refractivity contribution in [3.05, 3.63) is 72.2 Å². The maximum Gasteiger partial charge on any atom is 0.243 e. The van der Waals surface area contributed by atoms with Gasteiger partial charge in [0, 0.05) is 37.1 Å². The molecule has 3 aromatic rings. The average molecular weight is 400 g/mol. The summed E-state index contributed by atoms with van der Waals surface area (Å²) in [6.07, 6.45) is 5.20. The third-order valence-corrected chi connectivity index (χ3v) is 6.96. The highest BCUT2D eigenvalue weighted by molar-refractivity contribution is 7.89. The molecule has 0 unspecified atom stereocenters. The van der Waals surface area contributed by atoms with Gasteiger partial charge in [-0.25, -0.2) is 22.8 Å². The summed E-state index contributed by atoms with van der Waals surface area (Å²) in [6.45, 7) is 2.72. The number of piperidine rings is 1. The van der Waals surface area contributed by atoms with Gasteiger partial charge < -0.3 is 0 Å². The summed E-state index contributed by atoms with van der Waals surface area (Å²) < 4.78 is 42.4. The standard InChI is InChI=1S/C20H21FN4O2S/c1-15-22-11-13-25(15)20-6-2-5-19(23-20)16-4-3-12-24(14-16)28(26,27)18-9-7-17(21)8-10-18/h2,5-11,13,16H,3-4,12,14H2,1H3/t16-/m0/s1. The topological polar surface area (TPSA) is 68.1 Å². The van der Waals surface area contributed by atoms with Crippen molar-refractivity contribution in [2.24, 2.45) is 0 Å². The minimum atomic E-state index is -3.66. The zero-order valence-electron chi connectivity index (χ0n) is 15.5. The molecular weight excluding hydrogens is 379 g/mol. The number of hydrogen-bond donors (Lipinski definition) is 0. The molecule has 0 bridgehead atoms. The van der Waals surface area contributed by atoms with Crippen LogP contribution in [0.5, 0.6) is 0 Å².